The molecule has 0 N–H and O–H groups in total. The zero-order chi connectivity index (χ0) is 16.1. The zero-order valence-corrected chi connectivity index (χ0v) is 15.5. The van der Waals surface area contributed by atoms with Gasteiger partial charge < -0.3 is 0 Å². The molecule has 2 aromatic rings. The molecule has 0 aliphatic heterocycles. The maximum atomic E-state index is 3.83. The molecule has 2 atom stereocenters. The lowest BCUT2D eigenvalue weighted by molar-refractivity contribution is 1.58. The molecule has 120 valence electrons. The van der Waals surface area contributed by atoms with Gasteiger partial charge in [0.25, 0.3) is 0 Å². The van der Waals surface area contributed by atoms with Gasteiger partial charge in [-0.3, -0.25) is 0 Å². The van der Waals surface area contributed by atoms with Crippen LogP contribution in [0.1, 0.15) is 32.4 Å². The summed E-state index contributed by atoms with van der Waals surface area (Å²) in [5.74, 6) is 2.04. The summed E-state index contributed by atoms with van der Waals surface area (Å²) in [7, 11) is 5.02. The van der Waals surface area contributed by atoms with Gasteiger partial charge in [-0.25, -0.2) is 0 Å². The average Bonchev–Trinajstić information content (AvgIpc) is 2.58. The van der Waals surface area contributed by atoms with E-state index < -0.39 is 0 Å². The molecular formula is C20H30P2. The number of allylic oxidation sites excluding steroid dienone is 2. The second kappa shape index (κ2) is 14.7. The molecule has 0 nitrogen and oxygen atoms in total. The number of rotatable bonds is 2. The third kappa shape index (κ3) is 9.67. The van der Waals surface area contributed by atoms with E-state index in [1.54, 1.807) is 0 Å². The zero-order valence-electron chi connectivity index (χ0n) is 13.2. The Morgan fingerprint density at radius 2 is 1.18 bits per heavy atom. The van der Waals surface area contributed by atoms with Crippen LogP contribution in [0, 0.1) is 0 Å². The van der Waals surface area contributed by atoms with E-state index in [1.807, 2.05) is 55.8 Å². The fourth-order valence-electron chi connectivity index (χ4n) is 1.52. The topological polar surface area (TPSA) is 0 Å². The van der Waals surface area contributed by atoms with E-state index >= 15 is 0 Å². The third-order valence-corrected chi connectivity index (χ3v) is 3.25. The first-order valence-corrected chi connectivity index (χ1v) is 8.70. The monoisotopic (exact) mass is 332 g/mol. The van der Waals surface area contributed by atoms with Gasteiger partial charge in [-0.1, -0.05) is 92.7 Å². The van der Waals surface area contributed by atoms with E-state index in [1.165, 1.54) is 16.7 Å². The second-order valence-electron chi connectivity index (χ2n) is 4.36. The minimum absolute atomic E-state index is 0. The van der Waals surface area contributed by atoms with Crippen LogP contribution in [0.5, 0.6) is 0 Å². The quantitative estimate of drug-likeness (QED) is 0.532. The van der Waals surface area contributed by atoms with Gasteiger partial charge in [0.05, 0.1) is 0 Å². The summed E-state index contributed by atoms with van der Waals surface area (Å²) in [4.78, 5) is 0. The van der Waals surface area contributed by atoms with Crippen molar-refractivity contribution in [3.8, 4) is 0 Å². The lowest BCUT2D eigenvalue weighted by atomic mass is 10.1. The van der Waals surface area contributed by atoms with E-state index in [2.05, 4.69) is 56.2 Å². The van der Waals surface area contributed by atoms with Gasteiger partial charge in [0.1, 0.15) is 0 Å². The molecule has 2 heteroatoms. The minimum atomic E-state index is 0. The molecule has 0 aromatic heterocycles. The average molecular weight is 332 g/mol. The summed E-state index contributed by atoms with van der Waals surface area (Å²) in [6.07, 6.45) is 0. The van der Waals surface area contributed by atoms with Crippen molar-refractivity contribution in [3.05, 3.63) is 84.2 Å². The lowest BCUT2D eigenvalue weighted by Gasteiger charge is -1.97. The van der Waals surface area contributed by atoms with Crippen molar-refractivity contribution in [2.75, 3.05) is 6.66 Å². The molecule has 22 heavy (non-hydrogen) atoms. The smallest absolute Gasteiger partial charge is 0.0227 e. The minimum Gasteiger partial charge on any atom is -0.141 e. The molecular weight excluding hydrogens is 302 g/mol. The van der Waals surface area contributed by atoms with Crippen LogP contribution in [0.3, 0.4) is 0 Å². The molecule has 0 saturated carbocycles. The molecule has 2 unspecified atom stereocenters. The number of benzene rings is 2. The molecule has 0 bridgehead atoms. The van der Waals surface area contributed by atoms with Crippen LogP contribution >= 0.6 is 18.5 Å². The van der Waals surface area contributed by atoms with Crippen LogP contribution in [0.2, 0.25) is 0 Å². The molecule has 0 amide bonds. The van der Waals surface area contributed by atoms with E-state index in [0.717, 1.165) is 5.57 Å². The van der Waals surface area contributed by atoms with Crippen LogP contribution in [0.15, 0.2) is 73.1 Å². The van der Waals surface area contributed by atoms with E-state index in [4.69, 9.17) is 0 Å². The van der Waals surface area contributed by atoms with Crippen molar-refractivity contribution in [2.45, 2.75) is 21.3 Å². The summed E-state index contributed by atoms with van der Waals surface area (Å²) in [6.45, 7) is 9.85. The van der Waals surface area contributed by atoms with Crippen molar-refractivity contribution in [1.82, 2.24) is 0 Å². The highest BCUT2D eigenvalue weighted by atomic mass is 31.0. The van der Waals surface area contributed by atoms with Crippen LogP contribution in [-0.4, -0.2) is 6.66 Å². The van der Waals surface area contributed by atoms with Gasteiger partial charge in [0, 0.05) is 0 Å². The molecule has 0 spiro atoms. The van der Waals surface area contributed by atoms with Gasteiger partial charge in [0.2, 0.25) is 0 Å². The van der Waals surface area contributed by atoms with Gasteiger partial charge in [-0.15, -0.1) is 18.5 Å². The van der Waals surface area contributed by atoms with Crippen molar-refractivity contribution >= 4 is 29.6 Å². The van der Waals surface area contributed by atoms with E-state index in [0.29, 0.717) is 0 Å². The fourth-order valence-corrected chi connectivity index (χ4v) is 1.71. The first-order valence-electron chi connectivity index (χ1n) is 6.87. The normalized spacial score (nSPS) is 9.23. The SMILES string of the molecule is C.C=C(C)c1ccccc1.CC(=CP)c1ccccc1.CP. The molecule has 0 aliphatic carbocycles. The Bertz CT molecular complexity index is 528. The van der Waals surface area contributed by atoms with Crippen molar-refractivity contribution < 1.29 is 0 Å². The number of hydrogen-bond acceptors (Lipinski definition) is 0. The first-order chi connectivity index (χ1) is 10.1. The predicted molar refractivity (Wildman–Crippen MR) is 113 cm³/mol. The second-order valence-corrected chi connectivity index (χ2v) is 4.70. The van der Waals surface area contributed by atoms with Crippen LogP contribution in [-0.2, 0) is 0 Å². The first kappa shape index (κ1) is 23.1. The molecule has 0 radical (unpaired) electrons. The standard InChI is InChI=1S/C9H11P.C9H10.CH5P.CH4/c1-8(7-10)9-5-3-2-4-6-9;1-8(2)9-6-4-3-5-7-9;1-2;/h2-7H,10H2,1H3;3-7H,1H2,2H3;2H2,1H3;1H4. The highest BCUT2D eigenvalue weighted by Gasteiger charge is 1.89. The van der Waals surface area contributed by atoms with Gasteiger partial charge in [-0.2, -0.15) is 0 Å². The molecule has 0 aliphatic rings. The molecule has 0 heterocycles. The van der Waals surface area contributed by atoms with E-state index in [-0.39, 0.29) is 7.43 Å². The van der Waals surface area contributed by atoms with Crippen molar-refractivity contribution in [2.24, 2.45) is 0 Å². The maximum Gasteiger partial charge on any atom is -0.0227 e. The van der Waals surface area contributed by atoms with Crippen molar-refractivity contribution in [3.63, 3.8) is 0 Å². The van der Waals surface area contributed by atoms with Crippen LogP contribution in [0.25, 0.3) is 11.1 Å². The molecule has 2 rings (SSSR count). The Morgan fingerprint density at radius 3 is 1.45 bits per heavy atom. The van der Waals surface area contributed by atoms with Gasteiger partial charge in [-0.05, 0) is 30.5 Å². The molecule has 2 aromatic carbocycles. The van der Waals surface area contributed by atoms with Gasteiger partial charge in [0.15, 0.2) is 0 Å². The Kier molecular flexibility index (Phi) is 15.4. The molecule has 0 saturated heterocycles. The number of hydrogen-bond donors (Lipinski definition) is 0. The maximum absolute atomic E-state index is 3.83. The van der Waals surface area contributed by atoms with Crippen LogP contribution < -0.4 is 0 Å². The Hall–Kier alpha value is -1.22. The van der Waals surface area contributed by atoms with Crippen molar-refractivity contribution in [1.29, 1.82) is 0 Å². The Morgan fingerprint density at radius 1 is 0.818 bits per heavy atom. The summed E-state index contributed by atoms with van der Waals surface area (Å²) >= 11 is 0. The molecule has 0 fully saturated rings. The summed E-state index contributed by atoms with van der Waals surface area (Å²) in [6, 6.07) is 20.5. The third-order valence-electron chi connectivity index (χ3n) is 2.75. The van der Waals surface area contributed by atoms with E-state index in [9.17, 15) is 0 Å². The lowest BCUT2D eigenvalue weighted by Crippen LogP contribution is -1.74. The van der Waals surface area contributed by atoms with Gasteiger partial charge >= 0.3 is 0 Å². The summed E-state index contributed by atoms with van der Waals surface area (Å²) in [5.41, 5.74) is 4.93. The highest BCUT2D eigenvalue weighted by molar-refractivity contribution is 7.21. The highest BCUT2D eigenvalue weighted by Crippen LogP contribution is 2.13. The fraction of sp³-hybridized carbons (Fsp3) is 0.200. The largest absolute Gasteiger partial charge is 0.141 e. The summed E-state index contributed by atoms with van der Waals surface area (Å²) < 4.78 is 0. The predicted octanol–water partition coefficient (Wildman–Crippen LogP) is 6.77. The Balaban J connectivity index is 0. The Labute approximate surface area is 142 Å². The van der Waals surface area contributed by atoms with Crippen LogP contribution in [0.4, 0.5) is 0 Å². The summed E-state index contributed by atoms with van der Waals surface area (Å²) in [5, 5.41) is 0.